The van der Waals surface area contributed by atoms with Crippen molar-refractivity contribution in [1.82, 2.24) is 4.72 Å². The van der Waals surface area contributed by atoms with Gasteiger partial charge in [0, 0.05) is 18.1 Å². The smallest absolute Gasteiger partial charge is 0.240 e. The lowest BCUT2D eigenvalue weighted by molar-refractivity contribution is 0.584. The van der Waals surface area contributed by atoms with Gasteiger partial charge in [-0.1, -0.05) is 17.7 Å². The lowest BCUT2D eigenvalue weighted by atomic mass is 10.3. The van der Waals surface area contributed by atoms with Crippen LogP contribution < -0.4 is 10.5 Å². The van der Waals surface area contributed by atoms with Crippen molar-refractivity contribution in [3.63, 3.8) is 0 Å². The summed E-state index contributed by atoms with van der Waals surface area (Å²) in [5.41, 5.74) is 5.82. The van der Waals surface area contributed by atoms with Crippen LogP contribution in [0, 0.1) is 0 Å². The minimum Gasteiger partial charge on any atom is -0.397 e. The van der Waals surface area contributed by atoms with E-state index in [1.54, 1.807) is 17.8 Å². The third-order valence-electron chi connectivity index (χ3n) is 2.05. The summed E-state index contributed by atoms with van der Waals surface area (Å²) < 4.78 is 26.3. The van der Waals surface area contributed by atoms with E-state index in [2.05, 4.69) is 11.3 Å². The molecule has 18 heavy (non-hydrogen) atoms. The maximum absolute atomic E-state index is 11.9. The highest BCUT2D eigenvalue weighted by Crippen LogP contribution is 2.21. The van der Waals surface area contributed by atoms with Gasteiger partial charge < -0.3 is 5.73 Å². The van der Waals surface area contributed by atoms with Crippen LogP contribution in [0.4, 0.5) is 5.69 Å². The molecule has 0 spiro atoms. The fraction of sp³-hybridized carbons (Fsp3) is 0.273. The number of anilines is 1. The molecular formula is C11H15ClN2O2S2. The molecule has 3 N–H and O–H groups in total. The van der Waals surface area contributed by atoms with Crippen LogP contribution in [0.3, 0.4) is 0 Å². The van der Waals surface area contributed by atoms with E-state index in [0.717, 1.165) is 5.75 Å². The lowest BCUT2D eigenvalue weighted by Gasteiger charge is -2.07. The lowest BCUT2D eigenvalue weighted by Crippen LogP contribution is -2.26. The van der Waals surface area contributed by atoms with Crippen LogP contribution in [0.5, 0.6) is 0 Å². The molecule has 4 nitrogen and oxygen atoms in total. The Balaban J connectivity index is 2.62. The normalized spacial score (nSPS) is 11.4. The molecule has 0 radical (unpaired) electrons. The number of sulfonamides is 1. The Morgan fingerprint density at radius 2 is 2.22 bits per heavy atom. The van der Waals surface area contributed by atoms with Gasteiger partial charge in [0.25, 0.3) is 0 Å². The van der Waals surface area contributed by atoms with Crippen molar-refractivity contribution in [2.45, 2.75) is 4.90 Å². The van der Waals surface area contributed by atoms with Crippen molar-refractivity contribution < 1.29 is 8.42 Å². The fourth-order valence-corrected chi connectivity index (χ4v) is 3.08. The SMILES string of the molecule is C=CCSCCNS(=O)(=O)c1ccc(Cl)c(N)c1. The molecule has 0 aliphatic heterocycles. The zero-order valence-corrected chi connectivity index (χ0v) is 12.1. The standard InChI is InChI=1S/C11H15ClN2O2S2/c1-2-6-17-7-5-14-18(15,16)9-3-4-10(12)11(13)8-9/h2-4,8,14H,1,5-7,13H2. The second-order valence-corrected chi connectivity index (χ2v) is 6.77. The van der Waals surface area contributed by atoms with Crippen LogP contribution in [0.1, 0.15) is 0 Å². The van der Waals surface area contributed by atoms with E-state index in [1.807, 2.05) is 0 Å². The zero-order valence-electron chi connectivity index (χ0n) is 9.73. The molecule has 0 fully saturated rings. The minimum absolute atomic E-state index is 0.123. The largest absolute Gasteiger partial charge is 0.397 e. The molecule has 0 saturated heterocycles. The number of nitrogen functional groups attached to an aromatic ring is 1. The average Bonchev–Trinajstić information content (AvgIpc) is 2.32. The van der Waals surface area contributed by atoms with Gasteiger partial charge in [-0.3, -0.25) is 0 Å². The Bertz CT molecular complexity index is 518. The molecule has 0 aromatic heterocycles. The number of rotatable bonds is 7. The topological polar surface area (TPSA) is 72.2 Å². The van der Waals surface area contributed by atoms with Crippen LogP contribution >= 0.6 is 23.4 Å². The molecule has 1 rings (SSSR count). The number of hydrogen-bond donors (Lipinski definition) is 2. The molecule has 1 aromatic carbocycles. The summed E-state index contributed by atoms with van der Waals surface area (Å²) >= 11 is 7.34. The predicted molar refractivity (Wildman–Crippen MR) is 78.6 cm³/mol. The number of halogens is 1. The first-order chi connectivity index (χ1) is 8.47. The van der Waals surface area contributed by atoms with E-state index in [-0.39, 0.29) is 10.6 Å². The summed E-state index contributed by atoms with van der Waals surface area (Å²) in [5.74, 6) is 1.49. The summed E-state index contributed by atoms with van der Waals surface area (Å²) in [7, 11) is -3.51. The van der Waals surface area contributed by atoms with E-state index >= 15 is 0 Å². The maximum Gasteiger partial charge on any atom is 0.240 e. The van der Waals surface area contributed by atoms with E-state index in [1.165, 1.54) is 18.2 Å². The maximum atomic E-state index is 11.9. The fourth-order valence-electron chi connectivity index (χ4n) is 1.19. The number of hydrogen-bond acceptors (Lipinski definition) is 4. The number of thioether (sulfide) groups is 1. The Labute approximate surface area is 117 Å². The molecule has 0 amide bonds. The second kappa shape index (κ2) is 7.04. The summed E-state index contributed by atoms with van der Waals surface area (Å²) in [5, 5.41) is 0.343. The molecule has 0 saturated carbocycles. The minimum atomic E-state index is -3.51. The van der Waals surface area contributed by atoms with Gasteiger partial charge in [0.05, 0.1) is 15.6 Å². The summed E-state index contributed by atoms with van der Waals surface area (Å²) in [6.45, 7) is 3.95. The molecule has 0 unspecified atom stereocenters. The van der Waals surface area contributed by atoms with Crippen molar-refractivity contribution in [3.8, 4) is 0 Å². The van der Waals surface area contributed by atoms with Gasteiger partial charge in [-0.2, -0.15) is 11.8 Å². The summed E-state index contributed by atoms with van der Waals surface area (Å²) in [4.78, 5) is 0.123. The van der Waals surface area contributed by atoms with Crippen LogP contribution in [0.15, 0.2) is 35.7 Å². The van der Waals surface area contributed by atoms with E-state index in [4.69, 9.17) is 17.3 Å². The van der Waals surface area contributed by atoms with Gasteiger partial charge >= 0.3 is 0 Å². The average molecular weight is 307 g/mol. The molecule has 0 bridgehead atoms. The monoisotopic (exact) mass is 306 g/mol. The van der Waals surface area contributed by atoms with Gasteiger partial charge in [0.1, 0.15) is 0 Å². The van der Waals surface area contributed by atoms with Crippen LogP contribution in [0.25, 0.3) is 0 Å². The van der Waals surface area contributed by atoms with E-state index in [0.29, 0.717) is 17.3 Å². The Kier molecular flexibility index (Phi) is 6.01. The first-order valence-corrected chi connectivity index (χ1v) is 8.22. The van der Waals surface area contributed by atoms with Crippen molar-refractivity contribution in [2.24, 2.45) is 0 Å². The predicted octanol–water partition coefficient (Wildman–Crippen LogP) is 2.12. The molecule has 0 heterocycles. The molecule has 100 valence electrons. The van der Waals surface area contributed by atoms with Crippen LogP contribution in [0.2, 0.25) is 5.02 Å². The van der Waals surface area contributed by atoms with Gasteiger partial charge in [0.15, 0.2) is 0 Å². The molecule has 0 atom stereocenters. The van der Waals surface area contributed by atoms with Crippen molar-refractivity contribution in [3.05, 3.63) is 35.9 Å². The van der Waals surface area contributed by atoms with Crippen molar-refractivity contribution in [1.29, 1.82) is 0 Å². The Hall–Kier alpha value is -0.690. The third-order valence-corrected chi connectivity index (χ3v) is 4.82. The van der Waals surface area contributed by atoms with Gasteiger partial charge in [-0.25, -0.2) is 13.1 Å². The van der Waals surface area contributed by atoms with Gasteiger partial charge in [0.2, 0.25) is 10.0 Å². The highest BCUT2D eigenvalue weighted by atomic mass is 35.5. The van der Waals surface area contributed by atoms with Gasteiger partial charge in [-0.05, 0) is 18.2 Å². The molecule has 7 heteroatoms. The van der Waals surface area contributed by atoms with Crippen LogP contribution in [-0.4, -0.2) is 26.5 Å². The van der Waals surface area contributed by atoms with Gasteiger partial charge in [-0.15, -0.1) is 6.58 Å². The quantitative estimate of drug-likeness (QED) is 0.460. The second-order valence-electron chi connectivity index (χ2n) is 3.44. The summed E-state index contributed by atoms with van der Waals surface area (Å²) in [6, 6.07) is 4.25. The van der Waals surface area contributed by atoms with E-state index < -0.39 is 10.0 Å². The number of nitrogens with one attached hydrogen (secondary N) is 1. The summed E-state index contributed by atoms with van der Waals surface area (Å²) in [6.07, 6.45) is 1.78. The van der Waals surface area contributed by atoms with E-state index in [9.17, 15) is 8.42 Å². The highest BCUT2D eigenvalue weighted by Gasteiger charge is 2.14. The van der Waals surface area contributed by atoms with Crippen molar-refractivity contribution >= 4 is 39.1 Å². The van der Waals surface area contributed by atoms with Crippen molar-refractivity contribution in [2.75, 3.05) is 23.8 Å². The Morgan fingerprint density at radius 1 is 1.50 bits per heavy atom. The molecule has 0 aliphatic rings. The third kappa shape index (κ3) is 4.53. The number of benzene rings is 1. The first kappa shape index (κ1) is 15.4. The molecule has 1 aromatic rings. The number of nitrogens with two attached hydrogens (primary N) is 1. The highest BCUT2D eigenvalue weighted by molar-refractivity contribution is 7.99. The zero-order chi connectivity index (χ0) is 13.6. The molecule has 0 aliphatic carbocycles. The Morgan fingerprint density at radius 3 is 2.83 bits per heavy atom. The first-order valence-electron chi connectivity index (χ1n) is 5.20. The van der Waals surface area contributed by atoms with Crippen LogP contribution in [-0.2, 0) is 10.0 Å². The molecular weight excluding hydrogens is 292 g/mol.